The van der Waals surface area contributed by atoms with Crippen molar-refractivity contribution in [1.82, 2.24) is 0 Å². The molecule has 2 aromatic heterocycles. The van der Waals surface area contributed by atoms with E-state index in [1.165, 1.54) is 21.9 Å². The van der Waals surface area contributed by atoms with E-state index in [4.69, 9.17) is 8.83 Å². The van der Waals surface area contributed by atoms with Crippen LogP contribution in [0, 0.1) is 0 Å². The molecule has 9 rings (SSSR count). The van der Waals surface area contributed by atoms with E-state index in [2.05, 4.69) is 144 Å². The van der Waals surface area contributed by atoms with Gasteiger partial charge in [0.05, 0.1) is 0 Å². The molecule has 43 heavy (non-hydrogen) atoms. The number of benzene rings is 7. The molecule has 0 atom stereocenters. The molecule has 3 heteroatoms. The van der Waals surface area contributed by atoms with E-state index in [1.54, 1.807) is 0 Å². The third-order valence-electron chi connectivity index (χ3n) is 8.42. The van der Waals surface area contributed by atoms with E-state index in [0.29, 0.717) is 0 Å². The summed E-state index contributed by atoms with van der Waals surface area (Å²) in [7, 11) is 0. The molecule has 0 amide bonds. The molecule has 0 spiro atoms. The van der Waals surface area contributed by atoms with E-state index in [-0.39, 0.29) is 0 Å². The van der Waals surface area contributed by atoms with E-state index in [1.807, 2.05) is 12.1 Å². The van der Waals surface area contributed by atoms with Crippen LogP contribution in [0.25, 0.3) is 65.8 Å². The Morgan fingerprint density at radius 2 is 0.884 bits per heavy atom. The minimum atomic E-state index is 0.857. The van der Waals surface area contributed by atoms with Crippen LogP contribution in [-0.4, -0.2) is 0 Å². The molecule has 0 bridgehead atoms. The first-order valence-corrected chi connectivity index (χ1v) is 14.5. The molecule has 0 saturated heterocycles. The van der Waals surface area contributed by atoms with Gasteiger partial charge in [0.15, 0.2) is 0 Å². The molecule has 0 unspecified atom stereocenters. The van der Waals surface area contributed by atoms with Crippen LogP contribution < -0.4 is 4.90 Å². The minimum absolute atomic E-state index is 0.857. The maximum atomic E-state index is 6.44. The lowest BCUT2D eigenvalue weighted by atomic mass is 10.0. The fourth-order valence-electron chi connectivity index (χ4n) is 6.33. The van der Waals surface area contributed by atoms with Gasteiger partial charge in [0, 0.05) is 50.7 Å². The summed E-state index contributed by atoms with van der Waals surface area (Å²) in [6.45, 7) is 0. The van der Waals surface area contributed by atoms with E-state index in [9.17, 15) is 0 Å². The van der Waals surface area contributed by atoms with Crippen LogP contribution in [0.2, 0.25) is 0 Å². The van der Waals surface area contributed by atoms with Crippen molar-refractivity contribution >= 4 is 71.7 Å². The number of nitrogens with zero attached hydrogens (tertiary/aromatic N) is 1. The van der Waals surface area contributed by atoms with Crippen LogP contribution in [0.3, 0.4) is 0 Å². The molecular formula is C40H25NO2. The first-order valence-electron chi connectivity index (χ1n) is 14.5. The monoisotopic (exact) mass is 551 g/mol. The maximum absolute atomic E-state index is 6.44. The molecule has 3 nitrogen and oxygen atoms in total. The van der Waals surface area contributed by atoms with Gasteiger partial charge in [-0.15, -0.1) is 0 Å². The van der Waals surface area contributed by atoms with Crippen LogP contribution in [0.4, 0.5) is 17.1 Å². The lowest BCUT2D eigenvalue weighted by molar-refractivity contribution is 0.669. The standard InChI is InChI=1S/C40H25NO2/c1-3-9-26(10-4-1)29-15-20-37-35(22-29)33-18-16-31(24-39(33)42-37)41(30-13-5-2-6-14-30)32-17-19-34-36-21-27-11-7-8-12-28(27)23-38(36)43-40(34)25-32/h1-25H. The normalized spacial score (nSPS) is 11.7. The van der Waals surface area contributed by atoms with Gasteiger partial charge in [-0.05, 0) is 82.6 Å². The third-order valence-corrected chi connectivity index (χ3v) is 8.42. The molecule has 7 aromatic carbocycles. The molecule has 0 saturated carbocycles. The van der Waals surface area contributed by atoms with E-state index in [0.717, 1.165) is 60.9 Å². The van der Waals surface area contributed by atoms with Crippen molar-refractivity contribution < 1.29 is 8.83 Å². The molecule has 202 valence electrons. The van der Waals surface area contributed by atoms with Gasteiger partial charge in [-0.25, -0.2) is 0 Å². The fraction of sp³-hybridized carbons (Fsp3) is 0. The van der Waals surface area contributed by atoms with E-state index < -0.39 is 0 Å². The van der Waals surface area contributed by atoms with Gasteiger partial charge < -0.3 is 13.7 Å². The zero-order chi connectivity index (χ0) is 28.3. The zero-order valence-corrected chi connectivity index (χ0v) is 23.2. The average molecular weight is 552 g/mol. The average Bonchev–Trinajstić information content (AvgIpc) is 3.61. The van der Waals surface area contributed by atoms with E-state index >= 15 is 0 Å². The SMILES string of the molecule is c1ccc(-c2ccc3oc4cc(N(c5ccccc5)c5ccc6c(c5)oc5cc7ccccc7cc56)ccc4c3c2)cc1. The van der Waals surface area contributed by atoms with Crippen molar-refractivity contribution in [2.75, 3.05) is 4.90 Å². The topological polar surface area (TPSA) is 29.5 Å². The van der Waals surface area contributed by atoms with Gasteiger partial charge in [0.25, 0.3) is 0 Å². The summed E-state index contributed by atoms with van der Waals surface area (Å²) < 4.78 is 12.8. The summed E-state index contributed by atoms with van der Waals surface area (Å²) in [4.78, 5) is 2.26. The van der Waals surface area contributed by atoms with Crippen LogP contribution in [0.15, 0.2) is 160 Å². The number of furan rings is 2. The predicted molar refractivity (Wildman–Crippen MR) is 179 cm³/mol. The van der Waals surface area contributed by atoms with Crippen molar-refractivity contribution in [3.8, 4) is 11.1 Å². The van der Waals surface area contributed by atoms with Crippen LogP contribution in [0.1, 0.15) is 0 Å². The summed E-state index contributed by atoms with van der Waals surface area (Å²) in [6.07, 6.45) is 0. The summed E-state index contributed by atoms with van der Waals surface area (Å²) in [5.41, 5.74) is 8.97. The Hall–Kier alpha value is -5.80. The molecule has 0 fully saturated rings. The highest BCUT2D eigenvalue weighted by Gasteiger charge is 2.18. The first-order chi connectivity index (χ1) is 21.3. The van der Waals surface area contributed by atoms with Crippen molar-refractivity contribution in [2.45, 2.75) is 0 Å². The van der Waals surface area contributed by atoms with Crippen molar-refractivity contribution in [1.29, 1.82) is 0 Å². The van der Waals surface area contributed by atoms with Crippen LogP contribution >= 0.6 is 0 Å². The highest BCUT2D eigenvalue weighted by atomic mass is 16.3. The Balaban J connectivity index is 1.19. The number of hydrogen-bond acceptors (Lipinski definition) is 3. The molecule has 0 aliphatic carbocycles. The Bertz CT molecular complexity index is 2450. The summed E-state index contributed by atoms with van der Waals surface area (Å²) >= 11 is 0. The Morgan fingerprint density at radius 3 is 1.58 bits per heavy atom. The van der Waals surface area contributed by atoms with Crippen molar-refractivity contribution in [2.24, 2.45) is 0 Å². The van der Waals surface area contributed by atoms with Gasteiger partial charge in [0.1, 0.15) is 22.3 Å². The highest BCUT2D eigenvalue weighted by molar-refractivity contribution is 6.11. The van der Waals surface area contributed by atoms with Crippen molar-refractivity contribution in [3.63, 3.8) is 0 Å². The molecular weight excluding hydrogens is 526 g/mol. The lowest BCUT2D eigenvalue weighted by Crippen LogP contribution is -2.09. The molecule has 0 aliphatic heterocycles. The third kappa shape index (κ3) is 3.90. The summed E-state index contributed by atoms with van der Waals surface area (Å²) in [5.74, 6) is 0. The smallest absolute Gasteiger partial charge is 0.137 e. The molecule has 0 N–H and O–H groups in total. The van der Waals surface area contributed by atoms with Gasteiger partial charge in [-0.3, -0.25) is 0 Å². The Labute approximate surface area is 247 Å². The predicted octanol–water partition coefficient (Wildman–Crippen LogP) is 11.8. The highest BCUT2D eigenvalue weighted by Crippen LogP contribution is 2.41. The minimum Gasteiger partial charge on any atom is -0.456 e. The zero-order valence-electron chi connectivity index (χ0n) is 23.2. The first kappa shape index (κ1) is 23.9. The summed E-state index contributed by atoms with van der Waals surface area (Å²) in [6, 6.07) is 53.1. The Kier molecular flexibility index (Phi) is 5.20. The number of fused-ring (bicyclic) bond motifs is 7. The molecule has 0 aliphatic rings. The molecule has 9 aromatic rings. The number of para-hydroxylation sites is 1. The lowest BCUT2D eigenvalue weighted by Gasteiger charge is -2.25. The number of rotatable bonds is 4. The van der Waals surface area contributed by atoms with Crippen molar-refractivity contribution in [3.05, 3.63) is 152 Å². The molecule has 0 radical (unpaired) electrons. The molecule has 2 heterocycles. The number of anilines is 3. The van der Waals surface area contributed by atoms with Gasteiger partial charge in [-0.1, -0.05) is 78.9 Å². The van der Waals surface area contributed by atoms with Gasteiger partial charge in [0.2, 0.25) is 0 Å². The van der Waals surface area contributed by atoms with Crippen LogP contribution in [0.5, 0.6) is 0 Å². The number of hydrogen-bond donors (Lipinski definition) is 0. The quantitative estimate of drug-likeness (QED) is 0.218. The van der Waals surface area contributed by atoms with Crippen LogP contribution in [-0.2, 0) is 0 Å². The summed E-state index contributed by atoms with van der Waals surface area (Å²) in [5, 5.41) is 6.84. The Morgan fingerprint density at radius 1 is 0.326 bits per heavy atom. The largest absolute Gasteiger partial charge is 0.456 e. The second-order valence-corrected chi connectivity index (χ2v) is 11.0. The second-order valence-electron chi connectivity index (χ2n) is 11.0. The van der Waals surface area contributed by atoms with Gasteiger partial charge >= 0.3 is 0 Å². The fourth-order valence-corrected chi connectivity index (χ4v) is 6.33. The maximum Gasteiger partial charge on any atom is 0.137 e. The second kappa shape index (κ2) is 9.37. The van der Waals surface area contributed by atoms with Gasteiger partial charge in [-0.2, -0.15) is 0 Å².